The molecule has 0 saturated carbocycles. The van der Waals surface area contributed by atoms with Crippen LogP contribution in [0.2, 0.25) is 0 Å². The van der Waals surface area contributed by atoms with E-state index in [-0.39, 0.29) is 5.82 Å². The zero-order valence-electron chi connectivity index (χ0n) is 11.5. The first-order valence-corrected chi connectivity index (χ1v) is 8.77. The molecule has 0 unspecified atom stereocenters. The Kier molecular flexibility index (Phi) is 4.92. The second kappa shape index (κ2) is 6.67. The molecular weight excluding hydrogens is 270 g/mol. The molecule has 0 amide bonds. The summed E-state index contributed by atoms with van der Waals surface area (Å²) in [6, 6.07) is 15.9. The first kappa shape index (κ1) is 14.7. The molecule has 0 aliphatic heterocycles. The van der Waals surface area contributed by atoms with Gasteiger partial charge in [0.2, 0.25) is 0 Å². The number of hydrogen-bond acceptors (Lipinski definition) is 1. The van der Waals surface area contributed by atoms with Crippen LogP contribution in [0.3, 0.4) is 0 Å². The molecule has 0 heterocycles. The maximum absolute atomic E-state index is 12.9. The zero-order chi connectivity index (χ0) is 14.4. The molecule has 20 heavy (non-hydrogen) atoms. The molecule has 0 bridgehead atoms. The highest BCUT2D eigenvalue weighted by atomic mass is 31.2. The van der Waals surface area contributed by atoms with Gasteiger partial charge in [-0.1, -0.05) is 61.5 Å². The second-order valence-corrected chi connectivity index (χ2v) is 7.97. The molecule has 0 spiro atoms. The predicted octanol–water partition coefficient (Wildman–Crippen LogP) is 4.55. The summed E-state index contributed by atoms with van der Waals surface area (Å²) in [4.78, 5) is 0. The maximum Gasteiger partial charge on any atom is 0.123 e. The first-order chi connectivity index (χ1) is 9.64. The minimum atomic E-state index is -2.36. The van der Waals surface area contributed by atoms with Crippen LogP contribution in [0.25, 0.3) is 6.08 Å². The molecule has 0 saturated heterocycles. The fraction of sp³-hybridized carbons (Fsp3) is 0.176. The van der Waals surface area contributed by atoms with Gasteiger partial charge in [0.25, 0.3) is 0 Å². The van der Waals surface area contributed by atoms with Crippen molar-refractivity contribution in [3.63, 3.8) is 0 Å². The van der Waals surface area contributed by atoms with Crippen LogP contribution in [0, 0.1) is 5.82 Å². The summed E-state index contributed by atoms with van der Waals surface area (Å²) in [6.07, 6.45) is 4.99. The molecule has 1 atom stereocenters. The van der Waals surface area contributed by atoms with E-state index in [1.165, 1.54) is 12.1 Å². The lowest BCUT2D eigenvalue weighted by Gasteiger charge is -2.14. The van der Waals surface area contributed by atoms with Gasteiger partial charge < -0.3 is 4.57 Å². The predicted molar refractivity (Wildman–Crippen MR) is 84.5 cm³/mol. The quantitative estimate of drug-likeness (QED) is 0.738. The molecule has 3 heteroatoms. The highest BCUT2D eigenvalue weighted by Crippen LogP contribution is 2.43. The van der Waals surface area contributed by atoms with Gasteiger partial charge in [0.05, 0.1) is 0 Å². The lowest BCUT2D eigenvalue weighted by atomic mass is 10.2. The monoisotopic (exact) mass is 288 g/mol. The Morgan fingerprint density at radius 2 is 1.70 bits per heavy atom. The van der Waals surface area contributed by atoms with Crippen molar-refractivity contribution >= 4 is 18.5 Å². The Labute approximate surface area is 119 Å². The smallest absolute Gasteiger partial charge is 0.123 e. The average molecular weight is 288 g/mol. The van der Waals surface area contributed by atoms with Crippen LogP contribution in [0.4, 0.5) is 4.39 Å². The van der Waals surface area contributed by atoms with Crippen LogP contribution < -0.4 is 5.30 Å². The van der Waals surface area contributed by atoms with E-state index >= 15 is 0 Å². The summed E-state index contributed by atoms with van der Waals surface area (Å²) >= 11 is 0. The van der Waals surface area contributed by atoms with Crippen molar-refractivity contribution in [1.29, 1.82) is 0 Å². The number of hydrogen-bond donors (Lipinski definition) is 0. The Balaban J connectivity index is 2.11. The molecule has 2 rings (SSSR count). The summed E-state index contributed by atoms with van der Waals surface area (Å²) < 4.78 is 25.7. The Bertz CT molecular complexity index is 617. The topological polar surface area (TPSA) is 17.1 Å². The summed E-state index contributed by atoms with van der Waals surface area (Å²) in [5.41, 5.74) is 0.919. The van der Waals surface area contributed by atoms with Crippen LogP contribution in [0.1, 0.15) is 12.5 Å². The van der Waals surface area contributed by atoms with Crippen molar-refractivity contribution in [3.05, 3.63) is 72.1 Å². The molecule has 2 aromatic carbocycles. The zero-order valence-corrected chi connectivity index (χ0v) is 12.4. The molecular formula is C17H18FOP. The third kappa shape index (κ3) is 3.68. The van der Waals surface area contributed by atoms with Crippen molar-refractivity contribution in [3.8, 4) is 0 Å². The Hall–Kier alpha value is -1.66. The van der Waals surface area contributed by atoms with Gasteiger partial charge in [-0.3, -0.25) is 0 Å². The lowest BCUT2D eigenvalue weighted by Crippen LogP contribution is -2.08. The van der Waals surface area contributed by atoms with E-state index in [1.54, 1.807) is 12.1 Å². The van der Waals surface area contributed by atoms with Crippen molar-refractivity contribution in [1.82, 2.24) is 0 Å². The SMILES string of the molecule is CC[P@@](=O)(C/C=C/c1ccc(F)cc1)c1ccccc1. The van der Waals surface area contributed by atoms with Crippen molar-refractivity contribution < 1.29 is 8.96 Å². The van der Waals surface area contributed by atoms with Crippen LogP contribution in [-0.2, 0) is 4.57 Å². The van der Waals surface area contributed by atoms with Gasteiger partial charge >= 0.3 is 0 Å². The highest BCUT2D eigenvalue weighted by molar-refractivity contribution is 7.71. The van der Waals surface area contributed by atoms with Gasteiger partial charge in [-0.25, -0.2) is 4.39 Å². The van der Waals surface area contributed by atoms with Crippen LogP contribution >= 0.6 is 7.14 Å². The maximum atomic E-state index is 12.9. The van der Waals surface area contributed by atoms with Gasteiger partial charge in [-0.05, 0) is 17.7 Å². The van der Waals surface area contributed by atoms with Gasteiger partial charge in [0.1, 0.15) is 13.0 Å². The summed E-state index contributed by atoms with van der Waals surface area (Å²) in [7, 11) is -2.36. The van der Waals surface area contributed by atoms with Crippen molar-refractivity contribution in [2.24, 2.45) is 0 Å². The van der Waals surface area contributed by atoms with Crippen molar-refractivity contribution in [2.75, 3.05) is 12.3 Å². The van der Waals surface area contributed by atoms with Crippen molar-refractivity contribution in [2.45, 2.75) is 6.92 Å². The summed E-state index contributed by atoms with van der Waals surface area (Å²) in [5, 5.41) is 0.922. The molecule has 0 radical (unpaired) electrons. The second-order valence-electron chi connectivity index (χ2n) is 4.68. The fourth-order valence-electron chi connectivity index (χ4n) is 2.05. The molecule has 2 aromatic rings. The summed E-state index contributed by atoms with van der Waals surface area (Å²) in [6.45, 7) is 1.96. The molecule has 0 aliphatic carbocycles. The minimum Gasteiger partial charge on any atom is -0.318 e. The van der Waals surface area contributed by atoms with E-state index in [1.807, 2.05) is 49.4 Å². The minimum absolute atomic E-state index is 0.245. The average Bonchev–Trinajstić information content (AvgIpc) is 2.50. The van der Waals surface area contributed by atoms with E-state index in [2.05, 4.69) is 0 Å². The third-order valence-electron chi connectivity index (χ3n) is 3.32. The van der Waals surface area contributed by atoms with Gasteiger partial charge in [0, 0.05) is 17.6 Å². The summed E-state index contributed by atoms with van der Waals surface area (Å²) in [5.74, 6) is -0.245. The third-order valence-corrected chi connectivity index (χ3v) is 6.38. The van der Waals surface area contributed by atoms with Gasteiger partial charge in [-0.15, -0.1) is 0 Å². The molecule has 0 N–H and O–H groups in total. The van der Waals surface area contributed by atoms with Crippen LogP contribution in [0.15, 0.2) is 60.7 Å². The standard InChI is InChI=1S/C17H18FOP/c1-2-20(19,17-8-4-3-5-9-17)14-6-7-15-10-12-16(18)13-11-15/h3-13H,2,14H2,1H3/b7-6+/t20-/m1/s1. The number of halogens is 1. The van der Waals surface area contributed by atoms with E-state index < -0.39 is 7.14 Å². The first-order valence-electron chi connectivity index (χ1n) is 6.70. The largest absolute Gasteiger partial charge is 0.318 e. The van der Waals surface area contributed by atoms with Gasteiger partial charge in [-0.2, -0.15) is 0 Å². The molecule has 104 valence electrons. The van der Waals surface area contributed by atoms with E-state index in [0.717, 1.165) is 10.9 Å². The number of benzene rings is 2. The van der Waals surface area contributed by atoms with Crippen LogP contribution in [0.5, 0.6) is 0 Å². The molecule has 1 nitrogen and oxygen atoms in total. The normalized spacial score (nSPS) is 14.3. The number of rotatable bonds is 5. The van der Waals surface area contributed by atoms with E-state index in [4.69, 9.17) is 0 Å². The van der Waals surface area contributed by atoms with E-state index in [0.29, 0.717) is 12.3 Å². The Morgan fingerprint density at radius 1 is 1.05 bits per heavy atom. The van der Waals surface area contributed by atoms with Crippen LogP contribution in [-0.4, -0.2) is 12.3 Å². The van der Waals surface area contributed by atoms with Gasteiger partial charge in [0.15, 0.2) is 0 Å². The molecule has 0 aliphatic rings. The molecule has 0 aromatic heterocycles. The number of allylic oxidation sites excluding steroid dienone is 1. The van der Waals surface area contributed by atoms with E-state index in [9.17, 15) is 8.96 Å². The fourth-order valence-corrected chi connectivity index (χ4v) is 4.05. The molecule has 0 fully saturated rings. The lowest BCUT2D eigenvalue weighted by molar-refractivity contribution is 0.583. The highest BCUT2D eigenvalue weighted by Gasteiger charge is 2.19. The Morgan fingerprint density at radius 3 is 2.30 bits per heavy atom.